The second-order valence-corrected chi connectivity index (χ2v) is 22.8. The van der Waals surface area contributed by atoms with E-state index in [1.165, 1.54) is 54.7 Å². The topological polar surface area (TPSA) is 285 Å². The van der Waals surface area contributed by atoms with Crippen LogP contribution in [0.5, 0.6) is 5.75 Å². The quantitative estimate of drug-likeness (QED) is 0.112. The fourth-order valence-corrected chi connectivity index (χ4v) is 10.5. The second-order valence-electron chi connectivity index (χ2n) is 22.8. The molecule has 3 fully saturated rings. The van der Waals surface area contributed by atoms with E-state index in [2.05, 4.69) is 16.0 Å². The summed E-state index contributed by atoms with van der Waals surface area (Å²) in [7, 11) is 4.26. The van der Waals surface area contributed by atoms with Gasteiger partial charge in [-0.25, -0.2) is 4.79 Å². The highest BCUT2D eigenvalue weighted by Crippen LogP contribution is 2.27. The summed E-state index contributed by atoms with van der Waals surface area (Å²) in [4.78, 5) is 160. The van der Waals surface area contributed by atoms with E-state index in [4.69, 9.17) is 14.2 Å². The molecule has 12 atom stereocenters. The highest BCUT2D eigenvalue weighted by Gasteiger charge is 2.46. The van der Waals surface area contributed by atoms with E-state index in [1.807, 2.05) is 27.7 Å². The number of esters is 2. The van der Waals surface area contributed by atoms with E-state index < -0.39 is 150 Å². The van der Waals surface area contributed by atoms with Crippen molar-refractivity contribution in [1.82, 2.24) is 35.6 Å². The van der Waals surface area contributed by atoms with Crippen LogP contribution in [0.4, 0.5) is 0 Å². The first-order chi connectivity index (χ1) is 37.0. The maximum Gasteiger partial charge on any atom is 0.329 e. The Morgan fingerprint density at radius 3 is 2.06 bits per heavy atom. The summed E-state index contributed by atoms with van der Waals surface area (Å²) < 4.78 is 17.2. The number of methoxy groups -OCH3 is 1. The van der Waals surface area contributed by atoms with Gasteiger partial charge in [0.05, 0.1) is 31.6 Å². The lowest BCUT2D eigenvalue weighted by Crippen LogP contribution is -2.62. The highest BCUT2D eigenvalue weighted by atomic mass is 16.6. The number of benzene rings is 1. The van der Waals surface area contributed by atoms with Crippen molar-refractivity contribution in [2.75, 3.05) is 34.3 Å². The van der Waals surface area contributed by atoms with Gasteiger partial charge in [0.1, 0.15) is 48.1 Å². The lowest BCUT2D eigenvalue weighted by atomic mass is 9.91. The fraction of sp³-hybridized carbons (Fsp3) is 0.702. The molecule has 0 bridgehead atoms. The number of rotatable bonds is 15. The van der Waals surface area contributed by atoms with Crippen LogP contribution >= 0.6 is 0 Å². The van der Waals surface area contributed by atoms with Gasteiger partial charge in [0.15, 0.2) is 11.9 Å². The van der Waals surface area contributed by atoms with Crippen LogP contribution < -0.4 is 20.7 Å². The smallest absolute Gasteiger partial charge is 0.329 e. The molecular formula is C57H87N7O15. The molecule has 4 N–H and O–H groups in total. The van der Waals surface area contributed by atoms with E-state index in [1.54, 1.807) is 52.0 Å². The third-order valence-corrected chi connectivity index (χ3v) is 15.4. The van der Waals surface area contributed by atoms with Crippen molar-refractivity contribution in [2.24, 2.45) is 29.6 Å². The molecule has 4 rings (SSSR count). The molecule has 3 heterocycles. The number of fused-ring (bicyclic) bond motifs is 1. The van der Waals surface area contributed by atoms with Crippen molar-refractivity contribution in [3.8, 4) is 5.75 Å². The van der Waals surface area contributed by atoms with E-state index in [-0.39, 0.29) is 57.0 Å². The number of hydrogen-bond donors (Lipinski definition) is 4. The van der Waals surface area contributed by atoms with Gasteiger partial charge in [-0.05, 0) is 93.7 Å². The molecule has 0 aliphatic carbocycles. The minimum absolute atomic E-state index is 0.0545. The van der Waals surface area contributed by atoms with E-state index in [0.717, 1.165) is 6.92 Å². The lowest BCUT2D eigenvalue weighted by Gasteiger charge is -2.36. The Bertz CT molecular complexity index is 2380. The summed E-state index contributed by atoms with van der Waals surface area (Å²) in [6.45, 7) is 18.1. The number of cyclic esters (lactones) is 2. The zero-order valence-electron chi connectivity index (χ0n) is 48.7. The molecule has 3 aliphatic rings. The summed E-state index contributed by atoms with van der Waals surface area (Å²) in [6.07, 6.45) is -3.76. The van der Waals surface area contributed by atoms with Crippen molar-refractivity contribution < 1.29 is 72.1 Å². The molecule has 3 saturated heterocycles. The average Bonchev–Trinajstić information content (AvgIpc) is 4.13. The Hall–Kier alpha value is -6.45. The lowest BCUT2D eigenvalue weighted by molar-refractivity contribution is -0.163. The number of ketones is 2. The minimum atomic E-state index is -1.78. The van der Waals surface area contributed by atoms with E-state index in [9.17, 15) is 57.8 Å². The Labute approximate surface area is 465 Å². The Kier molecular flexibility index (Phi) is 24.0. The monoisotopic (exact) mass is 1110 g/mol. The summed E-state index contributed by atoms with van der Waals surface area (Å²) >= 11 is 0. The fourth-order valence-electron chi connectivity index (χ4n) is 10.5. The normalized spacial score (nSPS) is 27.2. The van der Waals surface area contributed by atoms with Crippen LogP contribution in [0.25, 0.3) is 0 Å². The number of aliphatic hydroxyl groups excluding tert-OH is 1. The van der Waals surface area contributed by atoms with E-state index >= 15 is 0 Å². The molecule has 79 heavy (non-hydrogen) atoms. The number of Topliss-reactive ketones (excluding diaryl/α,β-unsaturated/α-hetero) is 2. The standard InChI is InChI=1S/C57H87N7O15/c1-15-33(8)46-44(66)29-45(67)79-49(32(6)7)48(68)34(9)50(69)58-39(26-30(2)3)54(73)64-25-17-19-41(64)56(75)62(13)43(28-37-20-22-38(77-14)23-21-37)57(76)78-36(11)47(52(71)59-46)60-51(70)42(27-31(4)5)61(12)55(74)40-18-16-24-63(40)53(72)35(10)65/h20-23,30-34,36,39-44,46-47,49,66H,15-19,24-29H2,1-14H3,(H,58,69)(H,59,71)(H,60,70)/t33-,34-,36+,39-,40+,41-,42+,43-,44-,46+,47-,49-/m0/s1. The number of carbonyl (C=O) groups excluding carboxylic acids is 11. The molecule has 1 aromatic rings. The van der Waals surface area contributed by atoms with Crippen LogP contribution in [0.1, 0.15) is 133 Å². The molecule has 7 amide bonds. The first-order valence-electron chi connectivity index (χ1n) is 27.9. The van der Waals surface area contributed by atoms with Gasteiger partial charge < -0.3 is 54.9 Å². The van der Waals surface area contributed by atoms with Crippen LogP contribution in [-0.4, -0.2) is 184 Å². The van der Waals surface area contributed by atoms with Crippen molar-refractivity contribution >= 4 is 64.9 Å². The maximum atomic E-state index is 15.0. The number of nitrogens with zero attached hydrogens (tertiary/aromatic N) is 4. The number of amides is 7. The second kappa shape index (κ2) is 29.1. The van der Waals surface area contributed by atoms with Crippen molar-refractivity contribution in [2.45, 2.75) is 195 Å². The average molecular weight is 1110 g/mol. The number of aliphatic hydroxyl groups is 1. The molecule has 0 unspecified atom stereocenters. The number of nitrogens with one attached hydrogen (secondary N) is 3. The van der Waals surface area contributed by atoms with Gasteiger partial charge in [0.2, 0.25) is 41.2 Å². The molecule has 22 heteroatoms. The Balaban J connectivity index is 1.89. The van der Waals surface area contributed by atoms with Crippen molar-refractivity contribution in [1.29, 1.82) is 0 Å². The molecule has 3 aliphatic heterocycles. The Morgan fingerprint density at radius 2 is 1.49 bits per heavy atom. The van der Waals surface area contributed by atoms with Crippen LogP contribution in [0.15, 0.2) is 24.3 Å². The van der Waals surface area contributed by atoms with E-state index in [0.29, 0.717) is 30.6 Å². The maximum absolute atomic E-state index is 15.0. The third kappa shape index (κ3) is 16.8. The summed E-state index contributed by atoms with van der Waals surface area (Å²) in [6, 6.07) is -2.32. The minimum Gasteiger partial charge on any atom is -0.497 e. The molecular weight excluding hydrogens is 1020 g/mol. The van der Waals surface area contributed by atoms with Gasteiger partial charge >= 0.3 is 11.9 Å². The number of likely N-dealkylation sites (N-methyl/N-ethyl adjacent to an activating group) is 2. The van der Waals surface area contributed by atoms with Gasteiger partial charge in [-0.1, -0.05) is 73.9 Å². The number of likely N-dealkylation sites (tertiary alicyclic amines) is 1. The van der Waals surface area contributed by atoms with Crippen molar-refractivity contribution in [3.05, 3.63) is 29.8 Å². The van der Waals surface area contributed by atoms with Gasteiger partial charge in [0.25, 0.3) is 5.91 Å². The van der Waals surface area contributed by atoms with Crippen molar-refractivity contribution in [3.63, 3.8) is 0 Å². The van der Waals surface area contributed by atoms with Crippen LogP contribution in [0.3, 0.4) is 0 Å². The zero-order valence-corrected chi connectivity index (χ0v) is 48.7. The first-order valence-corrected chi connectivity index (χ1v) is 27.9. The number of hydrogen-bond acceptors (Lipinski definition) is 15. The third-order valence-electron chi connectivity index (χ3n) is 15.4. The largest absolute Gasteiger partial charge is 0.497 e. The molecule has 0 radical (unpaired) electrons. The van der Waals surface area contributed by atoms with Gasteiger partial charge in [-0.2, -0.15) is 0 Å². The molecule has 0 saturated carbocycles. The molecule has 0 aromatic heterocycles. The van der Waals surface area contributed by atoms with Crippen LogP contribution in [-0.2, 0) is 68.6 Å². The summed E-state index contributed by atoms with van der Waals surface area (Å²) in [5.74, 6) is -11.3. The molecule has 1 aromatic carbocycles. The molecule has 440 valence electrons. The van der Waals surface area contributed by atoms with Gasteiger partial charge in [-0.15, -0.1) is 0 Å². The summed E-state index contributed by atoms with van der Waals surface area (Å²) in [5.41, 5.74) is 0.566. The highest BCUT2D eigenvalue weighted by molar-refractivity contribution is 6.35. The first kappa shape index (κ1) is 65.1. The number of ether oxygens (including phenoxy) is 3. The predicted octanol–water partition coefficient (Wildman–Crippen LogP) is 2.52. The molecule has 0 spiro atoms. The number of carbonyl (C=O) groups is 11. The Morgan fingerprint density at radius 1 is 0.861 bits per heavy atom. The molecule has 22 nitrogen and oxygen atoms in total. The van der Waals surface area contributed by atoms with Crippen LogP contribution in [0.2, 0.25) is 0 Å². The van der Waals surface area contributed by atoms with Crippen LogP contribution in [0, 0.1) is 29.6 Å². The zero-order chi connectivity index (χ0) is 59.3. The van der Waals surface area contributed by atoms with Gasteiger partial charge in [-0.3, -0.25) is 47.9 Å². The predicted molar refractivity (Wildman–Crippen MR) is 289 cm³/mol. The SMILES string of the molecule is CC[C@H](C)[C@H]1NC(=O)[C@@H](NC(=O)[C@@H](CC(C)C)N(C)C(=O)[C@H]2CCCN2C(=O)C(C)=O)[C@@H](C)OC(=O)[C@H](Cc2ccc(OC)cc2)N(C)C(=O)[C@@H]2CCCN2C(=O)[C@H](CC(C)C)NC(=O)[C@@H](C)C(=O)[C@H](C(C)C)OC(=O)C[C@@H]1O. The van der Waals surface area contributed by atoms with Gasteiger partial charge in [0, 0.05) is 40.5 Å². The summed E-state index contributed by atoms with van der Waals surface area (Å²) in [5, 5.41) is 20.1.